The maximum atomic E-state index is 12.4. The number of rotatable bonds is 5. The number of nitrogens with zero attached hydrogens (tertiary/aromatic N) is 4. The predicted molar refractivity (Wildman–Crippen MR) is 99.7 cm³/mol. The van der Waals surface area contributed by atoms with Crippen LogP contribution in [0.1, 0.15) is 24.5 Å². The number of hydrogen-bond acceptors (Lipinski definition) is 5. The number of amides is 1. The van der Waals surface area contributed by atoms with Gasteiger partial charge in [0.1, 0.15) is 5.75 Å². The fourth-order valence-electron chi connectivity index (χ4n) is 3.08. The first kappa shape index (κ1) is 17.1. The summed E-state index contributed by atoms with van der Waals surface area (Å²) in [5.74, 6) is 2.00. The molecule has 0 spiro atoms. The second-order valence-corrected chi connectivity index (χ2v) is 7.08. The van der Waals surface area contributed by atoms with Crippen molar-refractivity contribution in [2.24, 2.45) is 0 Å². The maximum absolute atomic E-state index is 12.4. The van der Waals surface area contributed by atoms with Crippen LogP contribution in [-0.4, -0.2) is 53.8 Å². The van der Waals surface area contributed by atoms with E-state index >= 15 is 0 Å². The van der Waals surface area contributed by atoms with E-state index < -0.39 is 0 Å². The highest BCUT2D eigenvalue weighted by atomic mass is 35.5. The highest BCUT2D eigenvalue weighted by molar-refractivity contribution is 6.32. The van der Waals surface area contributed by atoms with Gasteiger partial charge in [-0.1, -0.05) is 23.7 Å². The highest BCUT2D eigenvalue weighted by Crippen LogP contribution is 2.38. The van der Waals surface area contributed by atoms with Crippen LogP contribution in [-0.2, 0) is 4.79 Å². The monoisotopic (exact) mass is 372 g/mol. The van der Waals surface area contributed by atoms with Crippen molar-refractivity contribution in [2.75, 3.05) is 37.7 Å². The van der Waals surface area contributed by atoms with Crippen molar-refractivity contribution in [2.45, 2.75) is 18.8 Å². The molecule has 4 rings (SSSR count). The fourth-order valence-corrected chi connectivity index (χ4v) is 3.27. The zero-order valence-electron chi connectivity index (χ0n) is 14.5. The van der Waals surface area contributed by atoms with E-state index in [-0.39, 0.29) is 12.5 Å². The lowest BCUT2D eigenvalue weighted by molar-refractivity contribution is -0.133. The molecule has 1 amide bonds. The average Bonchev–Trinajstić information content (AvgIpc) is 3.53. The Labute approximate surface area is 157 Å². The number of para-hydroxylation sites is 1. The van der Waals surface area contributed by atoms with Gasteiger partial charge in [-0.3, -0.25) is 4.79 Å². The molecule has 0 bridgehead atoms. The molecule has 0 unspecified atom stereocenters. The van der Waals surface area contributed by atoms with Gasteiger partial charge in [0.15, 0.2) is 12.4 Å². The van der Waals surface area contributed by atoms with Crippen LogP contribution in [0.25, 0.3) is 0 Å². The summed E-state index contributed by atoms with van der Waals surface area (Å²) in [4.78, 5) is 16.4. The molecule has 2 aromatic rings. The molecule has 0 atom stereocenters. The van der Waals surface area contributed by atoms with Crippen LogP contribution in [0, 0.1) is 0 Å². The van der Waals surface area contributed by atoms with Crippen LogP contribution in [0.3, 0.4) is 0 Å². The van der Waals surface area contributed by atoms with Crippen LogP contribution in [0.2, 0.25) is 5.02 Å². The molecular formula is C19H21ClN4O2. The summed E-state index contributed by atoms with van der Waals surface area (Å²) >= 11 is 6.05. The smallest absolute Gasteiger partial charge is 0.260 e. The molecule has 0 radical (unpaired) electrons. The van der Waals surface area contributed by atoms with Gasteiger partial charge in [0, 0.05) is 32.1 Å². The van der Waals surface area contributed by atoms with E-state index in [4.69, 9.17) is 16.3 Å². The molecule has 2 aliphatic rings. The zero-order chi connectivity index (χ0) is 17.9. The Morgan fingerprint density at radius 3 is 2.50 bits per heavy atom. The van der Waals surface area contributed by atoms with Gasteiger partial charge in [-0.2, -0.15) is 5.10 Å². The third-order valence-corrected chi connectivity index (χ3v) is 5.12. The molecule has 2 heterocycles. The standard InChI is InChI=1S/C19H21ClN4O2/c20-15-3-1-2-4-17(15)26-13-19(25)24-11-9-23(10-12-24)18-8-7-16(21-22-18)14-5-6-14/h1-4,7-8,14H,5-6,9-13H2. The topological polar surface area (TPSA) is 58.6 Å². The summed E-state index contributed by atoms with van der Waals surface area (Å²) in [6, 6.07) is 11.3. The molecule has 7 heteroatoms. The lowest BCUT2D eigenvalue weighted by Crippen LogP contribution is -2.50. The molecule has 1 aliphatic carbocycles. The van der Waals surface area contributed by atoms with Crippen LogP contribution in [0.4, 0.5) is 5.82 Å². The third kappa shape index (κ3) is 3.90. The molecule has 1 aromatic carbocycles. The summed E-state index contributed by atoms with van der Waals surface area (Å²) < 4.78 is 5.55. The third-order valence-electron chi connectivity index (χ3n) is 4.81. The molecule has 6 nitrogen and oxygen atoms in total. The van der Waals surface area contributed by atoms with Gasteiger partial charge in [-0.05, 0) is 37.1 Å². The molecule has 1 saturated heterocycles. The SMILES string of the molecule is O=C(COc1ccccc1Cl)N1CCN(c2ccc(C3CC3)nn2)CC1. The van der Waals surface area contributed by atoms with E-state index in [1.54, 1.807) is 12.1 Å². The Bertz CT molecular complexity index is 771. The van der Waals surface area contributed by atoms with Crippen molar-refractivity contribution in [1.82, 2.24) is 15.1 Å². The van der Waals surface area contributed by atoms with Crippen molar-refractivity contribution in [3.8, 4) is 5.75 Å². The Balaban J connectivity index is 1.27. The zero-order valence-corrected chi connectivity index (χ0v) is 15.2. The molecule has 2 fully saturated rings. The second-order valence-electron chi connectivity index (χ2n) is 6.68. The van der Waals surface area contributed by atoms with Gasteiger partial charge in [0.2, 0.25) is 0 Å². The van der Waals surface area contributed by atoms with Gasteiger partial charge < -0.3 is 14.5 Å². The summed E-state index contributed by atoms with van der Waals surface area (Å²) in [6.45, 7) is 2.79. The Kier molecular flexibility index (Phi) is 4.93. The number of hydrogen-bond donors (Lipinski definition) is 0. The Hall–Kier alpha value is -2.34. The number of ether oxygens (including phenoxy) is 1. The Morgan fingerprint density at radius 1 is 1.08 bits per heavy atom. The van der Waals surface area contributed by atoms with Crippen LogP contribution >= 0.6 is 11.6 Å². The number of aromatic nitrogens is 2. The Morgan fingerprint density at radius 2 is 1.85 bits per heavy atom. The number of piperazine rings is 1. The summed E-state index contributed by atoms with van der Waals surface area (Å²) in [5.41, 5.74) is 1.10. The number of benzene rings is 1. The van der Waals surface area contributed by atoms with E-state index in [0.717, 1.165) is 24.6 Å². The van der Waals surface area contributed by atoms with Gasteiger partial charge in [0.05, 0.1) is 10.7 Å². The largest absolute Gasteiger partial charge is 0.482 e. The van der Waals surface area contributed by atoms with Crippen molar-refractivity contribution >= 4 is 23.3 Å². The van der Waals surface area contributed by atoms with Gasteiger partial charge in [-0.25, -0.2) is 0 Å². The van der Waals surface area contributed by atoms with Gasteiger partial charge >= 0.3 is 0 Å². The van der Waals surface area contributed by atoms with Gasteiger partial charge in [0.25, 0.3) is 5.91 Å². The normalized spacial score (nSPS) is 17.3. The lowest BCUT2D eigenvalue weighted by Gasteiger charge is -2.35. The fraction of sp³-hybridized carbons (Fsp3) is 0.421. The molecule has 26 heavy (non-hydrogen) atoms. The number of carbonyl (C=O) groups excluding carboxylic acids is 1. The van der Waals surface area contributed by atoms with Crippen molar-refractivity contribution in [1.29, 1.82) is 0 Å². The maximum Gasteiger partial charge on any atom is 0.260 e. The number of carbonyl (C=O) groups is 1. The minimum absolute atomic E-state index is 0.000373. The van der Waals surface area contributed by atoms with Crippen LogP contribution in [0.5, 0.6) is 5.75 Å². The quantitative estimate of drug-likeness (QED) is 0.807. The van der Waals surface area contributed by atoms with Crippen molar-refractivity contribution in [3.05, 3.63) is 47.1 Å². The first-order valence-electron chi connectivity index (χ1n) is 8.94. The molecular weight excluding hydrogens is 352 g/mol. The molecule has 1 saturated carbocycles. The number of halogens is 1. The minimum atomic E-state index is -0.0280. The van der Waals surface area contributed by atoms with E-state index in [1.807, 2.05) is 23.1 Å². The van der Waals surface area contributed by atoms with Crippen molar-refractivity contribution in [3.63, 3.8) is 0 Å². The molecule has 136 valence electrons. The second kappa shape index (κ2) is 7.50. The van der Waals surface area contributed by atoms with E-state index in [9.17, 15) is 4.79 Å². The summed E-state index contributed by atoms with van der Waals surface area (Å²) in [5, 5.41) is 9.20. The van der Waals surface area contributed by atoms with E-state index in [1.165, 1.54) is 12.8 Å². The summed E-state index contributed by atoms with van der Waals surface area (Å²) in [6.07, 6.45) is 2.45. The van der Waals surface area contributed by atoms with E-state index in [0.29, 0.717) is 29.8 Å². The van der Waals surface area contributed by atoms with Crippen LogP contribution < -0.4 is 9.64 Å². The van der Waals surface area contributed by atoms with E-state index in [2.05, 4.69) is 21.2 Å². The highest BCUT2D eigenvalue weighted by Gasteiger charge is 2.26. The predicted octanol–water partition coefficient (Wildman–Crippen LogP) is 2.74. The first-order chi connectivity index (χ1) is 12.7. The lowest BCUT2D eigenvalue weighted by atomic mass is 10.2. The number of anilines is 1. The minimum Gasteiger partial charge on any atom is -0.482 e. The summed E-state index contributed by atoms with van der Waals surface area (Å²) in [7, 11) is 0. The molecule has 1 aliphatic heterocycles. The average molecular weight is 373 g/mol. The van der Waals surface area contributed by atoms with Crippen LogP contribution in [0.15, 0.2) is 36.4 Å². The first-order valence-corrected chi connectivity index (χ1v) is 9.32. The van der Waals surface area contributed by atoms with Crippen molar-refractivity contribution < 1.29 is 9.53 Å². The molecule has 1 aromatic heterocycles. The van der Waals surface area contributed by atoms with Gasteiger partial charge in [-0.15, -0.1) is 5.10 Å². The molecule has 0 N–H and O–H groups in total.